The molecule has 154 valence electrons. The largest absolute Gasteiger partial charge is 0.494 e. The van der Waals surface area contributed by atoms with Crippen molar-refractivity contribution >= 4 is 18.7 Å². The standard InChI is InChI=1S/C22H34BNO4/c1-20(2,3)26-19(25)24-13-11-16(12-14-24)17-9-8-10-18(15-17)23-27-21(4,5)22(6,7)28-23/h8-10,15-16H,11-14H2,1-7H3. The molecular weight excluding hydrogens is 353 g/mol. The first-order valence-corrected chi connectivity index (χ1v) is 10.3. The number of amides is 1. The van der Waals surface area contributed by atoms with Gasteiger partial charge in [-0.1, -0.05) is 24.3 Å². The molecule has 0 unspecified atom stereocenters. The number of benzene rings is 1. The lowest BCUT2D eigenvalue weighted by Crippen LogP contribution is -2.41. The Balaban J connectivity index is 1.64. The van der Waals surface area contributed by atoms with Crippen molar-refractivity contribution in [1.29, 1.82) is 0 Å². The molecule has 3 rings (SSSR count). The summed E-state index contributed by atoms with van der Waals surface area (Å²) in [5.74, 6) is 0.432. The van der Waals surface area contributed by atoms with Gasteiger partial charge in [0.25, 0.3) is 0 Å². The fraction of sp³-hybridized carbons (Fsp3) is 0.682. The summed E-state index contributed by atoms with van der Waals surface area (Å²) in [5.41, 5.74) is 1.21. The van der Waals surface area contributed by atoms with Crippen LogP contribution in [0.15, 0.2) is 24.3 Å². The lowest BCUT2D eigenvalue weighted by molar-refractivity contribution is 0.00578. The molecule has 0 saturated carbocycles. The number of carbonyl (C=O) groups is 1. The predicted octanol–water partition coefficient (Wildman–Crippen LogP) is 4.10. The molecule has 0 N–H and O–H groups in total. The molecule has 0 aliphatic carbocycles. The van der Waals surface area contributed by atoms with Crippen molar-refractivity contribution in [2.45, 2.75) is 84.0 Å². The Bertz CT molecular complexity index is 701. The number of nitrogens with zero attached hydrogens (tertiary/aromatic N) is 1. The van der Waals surface area contributed by atoms with E-state index in [0.29, 0.717) is 5.92 Å². The highest BCUT2D eigenvalue weighted by Crippen LogP contribution is 2.37. The fourth-order valence-electron chi connectivity index (χ4n) is 3.66. The zero-order chi connectivity index (χ0) is 20.7. The first kappa shape index (κ1) is 21.2. The second-order valence-corrected chi connectivity index (χ2v) is 10.0. The molecule has 1 aromatic rings. The van der Waals surface area contributed by atoms with Gasteiger partial charge in [-0.15, -0.1) is 0 Å². The van der Waals surface area contributed by atoms with Gasteiger partial charge >= 0.3 is 13.2 Å². The van der Waals surface area contributed by atoms with Crippen molar-refractivity contribution < 1.29 is 18.8 Å². The lowest BCUT2D eigenvalue weighted by Gasteiger charge is -2.33. The quantitative estimate of drug-likeness (QED) is 0.717. The van der Waals surface area contributed by atoms with Crippen molar-refractivity contribution in [1.82, 2.24) is 4.90 Å². The number of ether oxygens (including phenoxy) is 1. The molecule has 0 radical (unpaired) electrons. The van der Waals surface area contributed by atoms with E-state index in [2.05, 4.69) is 52.0 Å². The minimum Gasteiger partial charge on any atom is -0.444 e. The zero-order valence-electron chi connectivity index (χ0n) is 18.4. The van der Waals surface area contributed by atoms with Crippen molar-refractivity contribution in [3.8, 4) is 0 Å². The topological polar surface area (TPSA) is 48.0 Å². The molecule has 5 nitrogen and oxygen atoms in total. The van der Waals surface area contributed by atoms with Crippen LogP contribution in [0.5, 0.6) is 0 Å². The van der Waals surface area contributed by atoms with E-state index in [9.17, 15) is 4.79 Å². The highest BCUT2D eigenvalue weighted by Gasteiger charge is 2.51. The van der Waals surface area contributed by atoms with E-state index >= 15 is 0 Å². The third-order valence-corrected chi connectivity index (χ3v) is 6.05. The van der Waals surface area contributed by atoms with E-state index < -0.39 is 5.60 Å². The molecule has 0 atom stereocenters. The maximum atomic E-state index is 12.3. The van der Waals surface area contributed by atoms with E-state index in [4.69, 9.17) is 14.0 Å². The molecular formula is C22H34BNO4. The maximum absolute atomic E-state index is 12.3. The third-order valence-electron chi connectivity index (χ3n) is 6.05. The molecule has 0 spiro atoms. The van der Waals surface area contributed by atoms with Crippen LogP contribution in [-0.4, -0.2) is 48.0 Å². The zero-order valence-corrected chi connectivity index (χ0v) is 18.4. The Morgan fingerprint density at radius 1 is 1.11 bits per heavy atom. The molecule has 2 aliphatic heterocycles. The van der Waals surface area contributed by atoms with Crippen molar-refractivity contribution in [3.05, 3.63) is 29.8 Å². The lowest BCUT2D eigenvalue weighted by atomic mass is 9.76. The number of carbonyl (C=O) groups excluding carboxylic acids is 1. The molecule has 0 aromatic heterocycles. The predicted molar refractivity (Wildman–Crippen MR) is 112 cm³/mol. The second-order valence-electron chi connectivity index (χ2n) is 10.0. The molecule has 6 heteroatoms. The van der Waals surface area contributed by atoms with Crippen LogP contribution in [0.25, 0.3) is 0 Å². The fourth-order valence-corrected chi connectivity index (χ4v) is 3.66. The summed E-state index contributed by atoms with van der Waals surface area (Å²) in [6.45, 7) is 15.4. The van der Waals surface area contributed by atoms with Gasteiger partial charge in [0.05, 0.1) is 11.2 Å². The van der Waals surface area contributed by atoms with Crippen molar-refractivity contribution in [2.75, 3.05) is 13.1 Å². The Labute approximate surface area is 169 Å². The monoisotopic (exact) mass is 387 g/mol. The van der Waals surface area contributed by atoms with E-state index in [1.54, 1.807) is 0 Å². The summed E-state index contributed by atoms with van der Waals surface area (Å²) in [6, 6.07) is 8.52. The van der Waals surface area contributed by atoms with Crippen LogP contribution in [0, 0.1) is 0 Å². The Morgan fingerprint density at radius 3 is 2.21 bits per heavy atom. The minimum absolute atomic E-state index is 0.211. The molecule has 2 fully saturated rings. The summed E-state index contributed by atoms with van der Waals surface area (Å²) in [7, 11) is -0.341. The second kappa shape index (κ2) is 7.38. The molecule has 1 aromatic carbocycles. The first-order valence-electron chi connectivity index (χ1n) is 10.3. The van der Waals surface area contributed by atoms with Crippen molar-refractivity contribution in [3.63, 3.8) is 0 Å². The smallest absolute Gasteiger partial charge is 0.444 e. The average Bonchev–Trinajstić information content (AvgIpc) is 2.81. The normalized spacial score (nSPS) is 22.4. The van der Waals surface area contributed by atoms with Crippen molar-refractivity contribution in [2.24, 2.45) is 0 Å². The number of piperidine rings is 1. The van der Waals surface area contributed by atoms with Gasteiger partial charge < -0.3 is 18.9 Å². The highest BCUT2D eigenvalue weighted by atomic mass is 16.7. The summed E-state index contributed by atoms with van der Waals surface area (Å²) in [4.78, 5) is 14.1. The summed E-state index contributed by atoms with van der Waals surface area (Å²) < 4.78 is 17.9. The van der Waals surface area contributed by atoms with Crippen LogP contribution in [0.1, 0.15) is 72.8 Å². The molecule has 28 heavy (non-hydrogen) atoms. The number of hydrogen-bond donors (Lipinski definition) is 0. The Hall–Kier alpha value is -1.53. The molecule has 2 heterocycles. The van der Waals surface area contributed by atoms with Crippen LogP contribution < -0.4 is 5.46 Å². The third kappa shape index (κ3) is 4.55. The van der Waals surface area contributed by atoms with Gasteiger partial charge in [-0.25, -0.2) is 4.79 Å². The van der Waals surface area contributed by atoms with E-state index in [1.165, 1.54) is 5.56 Å². The van der Waals surface area contributed by atoms with Crippen LogP contribution >= 0.6 is 0 Å². The molecule has 0 bridgehead atoms. The van der Waals surface area contributed by atoms with Gasteiger partial charge in [-0.05, 0) is 78.3 Å². The molecule has 1 amide bonds. The number of rotatable bonds is 2. The average molecular weight is 387 g/mol. The van der Waals surface area contributed by atoms with Gasteiger partial charge in [-0.2, -0.15) is 0 Å². The SMILES string of the molecule is CC(C)(C)OC(=O)N1CCC(c2cccc(B3OC(C)(C)C(C)(C)O3)c2)CC1. The minimum atomic E-state index is -0.453. The summed E-state index contributed by atoms with van der Waals surface area (Å²) >= 11 is 0. The van der Waals surface area contributed by atoms with Crippen LogP contribution in [0.2, 0.25) is 0 Å². The summed E-state index contributed by atoms with van der Waals surface area (Å²) in [5, 5.41) is 0. The Kier molecular flexibility index (Phi) is 5.58. The van der Waals surface area contributed by atoms with Crippen LogP contribution in [-0.2, 0) is 14.0 Å². The maximum Gasteiger partial charge on any atom is 0.494 e. The van der Waals surface area contributed by atoms with Crippen LogP contribution in [0.3, 0.4) is 0 Å². The van der Waals surface area contributed by atoms with E-state index in [0.717, 1.165) is 31.4 Å². The van der Waals surface area contributed by atoms with Gasteiger partial charge in [0.1, 0.15) is 5.60 Å². The van der Waals surface area contributed by atoms with Gasteiger partial charge in [0, 0.05) is 13.1 Å². The number of hydrogen-bond acceptors (Lipinski definition) is 4. The molecule has 2 aliphatic rings. The highest BCUT2D eigenvalue weighted by molar-refractivity contribution is 6.62. The van der Waals surface area contributed by atoms with Gasteiger partial charge in [-0.3, -0.25) is 0 Å². The van der Waals surface area contributed by atoms with Crippen LogP contribution in [0.4, 0.5) is 4.79 Å². The first-order chi connectivity index (χ1) is 12.9. The van der Waals surface area contributed by atoms with Gasteiger partial charge in [0.2, 0.25) is 0 Å². The van der Waals surface area contributed by atoms with Gasteiger partial charge in [0.15, 0.2) is 0 Å². The number of likely N-dealkylation sites (tertiary alicyclic amines) is 1. The summed E-state index contributed by atoms with van der Waals surface area (Å²) in [6.07, 6.45) is 1.66. The Morgan fingerprint density at radius 2 is 1.68 bits per heavy atom. The van der Waals surface area contributed by atoms with E-state index in [-0.39, 0.29) is 24.4 Å². The van der Waals surface area contributed by atoms with E-state index in [1.807, 2.05) is 25.7 Å². The molecule has 2 saturated heterocycles.